The maximum absolute atomic E-state index is 10.8. The van der Waals surface area contributed by atoms with Crippen molar-refractivity contribution in [3.8, 4) is 0 Å². The second kappa shape index (κ2) is 6.33. The van der Waals surface area contributed by atoms with Gasteiger partial charge in [-0.15, -0.1) is 0 Å². The summed E-state index contributed by atoms with van der Waals surface area (Å²) in [6.07, 6.45) is 5.24. The topological polar surface area (TPSA) is 29.1 Å². The van der Waals surface area contributed by atoms with E-state index >= 15 is 0 Å². The van der Waals surface area contributed by atoms with Crippen LogP contribution in [-0.2, 0) is 4.79 Å². The summed E-state index contributed by atoms with van der Waals surface area (Å²) in [5.74, 6) is 0.111. The molecule has 0 saturated heterocycles. The highest BCUT2D eigenvalue weighted by atomic mass is 16.1. The molecule has 0 spiro atoms. The Morgan fingerprint density at radius 3 is 2.80 bits per heavy atom. The average Bonchev–Trinajstić information content (AvgIpc) is 1.97. The molecule has 2 heteroatoms. The zero-order chi connectivity index (χ0) is 7.82. The van der Waals surface area contributed by atoms with Gasteiger partial charge in [0.1, 0.15) is 0 Å². The fourth-order valence-electron chi connectivity index (χ4n) is 0.561. The monoisotopic (exact) mass is 141 g/mol. The molecule has 0 aliphatic rings. The van der Waals surface area contributed by atoms with Crippen molar-refractivity contribution in [1.29, 1.82) is 0 Å². The molecule has 2 nitrogen and oxygen atoms in total. The first-order valence-corrected chi connectivity index (χ1v) is 3.69. The molecule has 0 aromatic heterocycles. The summed E-state index contributed by atoms with van der Waals surface area (Å²) in [5.41, 5.74) is 0. The Morgan fingerprint density at radius 1 is 1.60 bits per heavy atom. The third kappa shape index (κ3) is 5.35. The highest BCUT2D eigenvalue weighted by Gasteiger charge is 1.93. The van der Waals surface area contributed by atoms with Gasteiger partial charge in [-0.3, -0.25) is 4.79 Å². The Labute approximate surface area is 62.3 Å². The van der Waals surface area contributed by atoms with Gasteiger partial charge in [-0.1, -0.05) is 19.1 Å². The summed E-state index contributed by atoms with van der Waals surface area (Å²) in [5, 5.41) is 2.78. The van der Waals surface area contributed by atoms with E-state index in [2.05, 4.69) is 5.32 Å². The minimum absolute atomic E-state index is 0.111. The Kier molecular flexibility index (Phi) is 5.83. The Bertz CT molecular complexity index is 118. The van der Waals surface area contributed by atoms with Crippen LogP contribution in [0.25, 0.3) is 0 Å². The van der Waals surface area contributed by atoms with E-state index in [1.54, 1.807) is 0 Å². The largest absolute Gasteiger partial charge is 0.356 e. The number of rotatable bonds is 4. The van der Waals surface area contributed by atoms with Crippen LogP contribution in [0.4, 0.5) is 0 Å². The van der Waals surface area contributed by atoms with Crippen LogP contribution < -0.4 is 5.32 Å². The van der Waals surface area contributed by atoms with Gasteiger partial charge in [-0.05, 0) is 13.3 Å². The molecule has 0 rings (SSSR count). The van der Waals surface area contributed by atoms with Crippen molar-refractivity contribution in [2.75, 3.05) is 6.54 Å². The maximum atomic E-state index is 10.8. The molecule has 0 unspecified atom stereocenters. The third-order valence-electron chi connectivity index (χ3n) is 1.11. The third-order valence-corrected chi connectivity index (χ3v) is 1.11. The van der Waals surface area contributed by atoms with Crippen molar-refractivity contribution in [3.63, 3.8) is 0 Å². The van der Waals surface area contributed by atoms with Crippen LogP contribution in [0.3, 0.4) is 0 Å². The lowest BCUT2D eigenvalue weighted by Crippen LogP contribution is -2.22. The first-order chi connectivity index (χ1) is 4.81. The van der Waals surface area contributed by atoms with Crippen molar-refractivity contribution >= 4 is 5.91 Å². The van der Waals surface area contributed by atoms with E-state index in [0.29, 0.717) is 6.42 Å². The fraction of sp³-hybridized carbons (Fsp3) is 0.625. The van der Waals surface area contributed by atoms with E-state index in [4.69, 9.17) is 0 Å². The van der Waals surface area contributed by atoms with Gasteiger partial charge in [0, 0.05) is 13.0 Å². The van der Waals surface area contributed by atoms with Crippen molar-refractivity contribution in [3.05, 3.63) is 12.2 Å². The van der Waals surface area contributed by atoms with Crippen molar-refractivity contribution in [2.45, 2.75) is 26.7 Å². The van der Waals surface area contributed by atoms with E-state index in [9.17, 15) is 4.79 Å². The predicted octanol–water partition coefficient (Wildman–Crippen LogP) is 1.48. The molecular formula is C8H15NO. The molecule has 10 heavy (non-hydrogen) atoms. The van der Waals surface area contributed by atoms with Crippen LogP contribution in [0, 0.1) is 0 Å². The first kappa shape index (κ1) is 9.21. The summed E-state index contributed by atoms with van der Waals surface area (Å²) in [4.78, 5) is 10.8. The number of allylic oxidation sites excluding steroid dienone is 1. The van der Waals surface area contributed by atoms with E-state index in [1.807, 2.05) is 26.0 Å². The number of amides is 1. The molecule has 0 heterocycles. The van der Waals surface area contributed by atoms with Gasteiger partial charge in [0.15, 0.2) is 0 Å². The number of nitrogens with one attached hydrogen (secondary N) is 1. The van der Waals surface area contributed by atoms with E-state index in [0.717, 1.165) is 13.0 Å². The molecule has 58 valence electrons. The minimum atomic E-state index is 0.111. The molecule has 0 atom stereocenters. The van der Waals surface area contributed by atoms with Crippen LogP contribution in [-0.4, -0.2) is 12.5 Å². The number of hydrogen-bond donors (Lipinski definition) is 1. The summed E-state index contributed by atoms with van der Waals surface area (Å²) >= 11 is 0. The van der Waals surface area contributed by atoms with Gasteiger partial charge in [0.2, 0.25) is 5.91 Å². The molecule has 0 fully saturated rings. The summed E-state index contributed by atoms with van der Waals surface area (Å²) in [7, 11) is 0. The second-order valence-electron chi connectivity index (χ2n) is 2.12. The Morgan fingerprint density at radius 2 is 2.30 bits per heavy atom. The number of carbonyl (C=O) groups excluding carboxylic acids is 1. The Balaban J connectivity index is 3.25. The highest BCUT2D eigenvalue weighted by Crippen LogP contribution is 1.82. The normalized spacial score (nSPS) is 10.2. The molecule has 0 saturated carbocycles. The van der Waals surface area contributed by atoms with Gasteiger partial charge in [-0.25, -0.2) is 0 Å². The smallest absolute Gasteiger partial charge is 0.223 e. The molecule has 0 radical (unpaired) electrons. The van der Waals surface area contributed by atoms with Gasteiger partial charge in [0.05, 0.1) is 0 Å². The average molecular weight is 141 g/mol. The highest BCUT2D eigenvalue weighted by molar-refractivity contribution is 5.77. The van der Waals surface area contributed by atoms with Gasteiger partial charge in [0.25, 0.3) is 0 Å². The van der Waals surface area contributed by atoms with Gasteiger partial charge in [-0.2, -0.15) is 0 Å². The van der Waals surface area contributed by atoms with Crippen molar-refractivity contribution in [2.24, 2.45) is 0 Å². The molecule has 0 aromatic rings. The van der Waals surface area contributed by atoms with Crippen LogP contribution >= 0.6 is 0 Å². The molecule has 0 aromatic carbocycles. The molecule has 1 amide bonds. The van der Waals surface area contributed by atoms with Crippen molar-refractivity contribution < 1.29 is 4.79 Å². The molecular weight excluding hydrogens is 126 g/mol. The summed E-state index contributed by atoms with van der Waals surface area (Å²) in [6.45, 7) is 4.74. The maximum Gasteiger partial charge on any atom is 0.223 e. The molecule has 1 N–H and O–H groups in total. The number of hydrogen-bond acceptors (Lipinski definition) is 1. The lowest BCUT2D eigenvalue weighted by Gasteiger charge is -1.98. The number of carbonyl (C=O) groups is 1. The lowest BCUT2D eigenvalue weighted by molar-refractivity contribution is -0.120. The Hall–Kier alpha value is -0.790. The van der Waals surface area contributed by atoms with E-state index in [-0.39, 0.29) is 5.91 Å². The molecule has 0 aliphatic heterocycles. The quantitative estimate of drug-likeness (QED) is 0.590. The van der Waals surface area contributed by atoms with Crippen LogP contribution in [0.5, 0.6) is 0 Å². The molecule has 0 bridgehead atoms. The first-order valence-electron chi connectivity index (χ1n) is 3.69. The summed E-state index contributed by atoms with van der Waals surface area (Å²) < 4.78 is 0. The fourth-order valence-corrected chi connectivity index (χ4v) is 0.561. The predicted molar refractivity (Wildman–Crippen MR) is 42.7 cm³/mol. The standard InChI is InChI=1S/C8H15NO/c1-3-5-6-8(10)9-7-4-2/h3,5H,4,6-7H2,1-2H3,(H,9,10). The van der Waals surface area contributed by atoms with Gasteiger partial charge >= 0.3 is 0 Å². The minimum Gasteiger partial charge on any atom is -0.356 e. The van der Waals surface area contributed by atoms with Crippen molar-refractivity contribution in [1.82, 2.24) is 5.32 Å². The second-order valence-corrected chi connectivity index (χ2v) is 2.12. The SMILES string of the molecule is CC=CCC(=O)NCCC. The lowest BCUT2D eigenvalue weighted by atomic mass is 10.3. The van der Waals surface area contributed by atoms with Crippen LogP contribution in [0.1, 0.15) is 26.7 Å². The van der Waals surface area contributed by atoms with Gasteiger partial charge < -0.3 is 5.32 Å². The van der Waals surface area contributed by atoms with Crippen LogP contribution in [0.2, 0.25) is 0 Å². The molecule has 0 aliphatic carbocycles. The zero-order valence-electron chi connectivity index (χ0n) is 6.68. The van der Waals surface area contributed by atoms with E-state index in [1.165, 1.54) is 0 Å². The van der Waals surface area contributed by atoms with Crippen LogP contribution in [0.15, 0.2) is 12.2 Å². The van der Waals surface area contributed by atoms with E-state index < -0.39 is 0 Å². The summed E-state index contributed by atoms with van der Waals surface area (Å²) in [6, 6.07) is 0. The zero-order valence-corrected chi connectivity index (χ0v) is 6.68.